The van der Waals surface area contributed by atoms with E-state index in [9.17, 15) is 9.59 Å². The van der Waals surface area contributed by atoms with E-state index < -0.39 is 12.1 Å². The second-order valence-corrected chi connectivity index (χ2v) is 6.33. The number of rotatable bonds is 9. The highest BCUT2D eigenvalue weighted by atomic mass is 32.2. The third kappa shape index (κ3) is 6.85. The molecule has 1 rings (SSSR count). The van der Waals surface area contributed by atoms with Crippen LogP contribution in [0.5, 0.6) is 5.75 Å². The molecule has 1 atom stereocenters. The summed E-state index contributed by atoms with van der Waals surface area (Å²) >= 11 is 1.27. The average Bonchev–Trinajstić information content (AvgIpc) is 2.46. The molecule has 0 aromatic heterocycles. The van der Waals surface area contributed by atoms with Gasteiger partial charge in [0.1, 0.15) is 5.75 Å². The van der Waals surface area contributed by atoms with Crippen molar-refractivity contribution in [1.82, 2.24) is 5.32 Å². The largest absolute Gasteiger partial charge is 0.481 e. The Morgan fingerprint density at radius 2 is 2.05 bits per heavy atom. The van der Waals surface area contributed by atoms with Crippen LogP contribution in [0.4, 0.5) is 0 Å². The van der Waals surface area contributed by atoms with E-state index in [1.807, 2.05) is 24.3 Å². The van der Waals surface area contributed by atoms with Crippen LogP contribution >= 0.6 is 11.8 Å². The van der Waals surface area contributed by atoms with Crippen molar-refractivity contribution in [3.05, 3.63) is 29.8 Å². The predicted molar refractivity (Wildman–Crippen MR) is 88.6 cm³/mol. The number of hydrogen-bond acceptors (Lipinski definition) is 4. The Labute approximate surface area is 135 Å². The lowest BCUT2D eigenvalue weighted by molar-refractivity contribution is -0.134. The molecule has 1 unspecified atom stereocenters. The Kier molecular flexibility index (Phi) is 7.80. The van der Waals surface area contributed by atoms with Gasteiger partial charge in [0.2, 0.25) is 0 Å². The predicted octanol–water partition coefficient (Wildman–Crippen LogP) is 2.51. The topological polar surface area (TPSA) is 75.6 Å². The number of benzene rings is 1. The maximum absolute atomic E-state index is 11.9. The van der Waals surface area contributed by atoms with Crippen molar-refractivity contribution in [2.24, 2.45) is 0 Å². The minimum Gasteiger partial charge on any atom is -0.481 e. The molecule has 1 aromatic rings. The molecule has 22 heavy (non-hydrogen) atoms. The molecule has 0 fully saturated rings. The van der Waals surface area contributed by atoms with E-state index in [4.69, 9.17) is 9.84 Å². The third-order valence-electron chi connectivity index (χ3n) is 2.98. The highest BCUT2D eigenvalue weighted by molar-refractivity contribution is 7.99. The fourth-order valence-corrected chi connectivity index (χ4v) is 2.32. The maximum atomic E-state index is 11.9. The smallest absolute Gasteiger partial charge is 0.313 e. The zero-order valence-electron chi connectivity index (χ0n) is 13.2. The highest BCUT2D eigenvalue weighted by Crippen LogP contribution is 2.20. The zero-order chi connectivity index (χ0) is 16.5. The minimum atomic E-state index is -0.849. The number of carbonyl (C=O) groups is 2. The van der Waals surface area contributed by atoms with Crippen molar-refractivity contribution in [2.75, 3.05) is 18.1 Å². The van der Waals surface area contributed by atoms with Crippen LogP contribution in [0, 0.1) is 0 Å². The summed E-state index contributed by atoms with van der Waals surface area (Å²) < 4.78 is 5.65. The van der Waals surface area contributed by atoms with Crippen LogP contribution in [0.15, 0.2) is 24.3 Å². The molecule has 0 radical (unpaired) electrons. The standard InChI is InChI=1S/C16H23NO4S/c1-11(2)13-5-4-6-14(9-13)21-12(3)16(20)17-7-8-22-10-15(18)19/h4-6,9,11-12H,7-8,10H2,1-3H3,(H,17,20)(H,18,19). The molecule has 0 saturated carbocycles. The molecular weight excluding hydrogens is 302 g/mol. The Morgan fingerprint density at radius 1 is 1.32 bits per heavy atom. The molecule has 0 aliphatic rings. The Bertz CT molecular complexity index is 505. The van der Waals surface area contributed by atoms with Gasteiger partial charge in [-0.05, 0) is 30.5 Å². The summed E-state index contributed by atoms with van der Waals surface area (Å²) in [6.07, 6.45) is -0.591. The number of hydrogen-bond donors (Lipinski definition) is 2. The summed E-state index contributed by atoms with van der Waals surface area (Å²) in [6, 6.07) is 7.72. The zero-order valence-corrected chi connectivity index (χ0v) is 14.0. The van der Waals surface area contributed by atoms with E-state index in [0.29, 0.717) is 24.0 Å². The van der Waals surface area contributed by atoms with Crippen molar-refractivity contribution >= 4 is 23.6 Å². The fourth-order valence-electron chi connectivity index (χ4n) is 1.75. The number of carbonyl (C=O) groups excluding carboxylic acids is 1. The van der Waals surface area contributed by atoms with Crippen LogP contribution in [0.1, 0.15) is 32.3 Å². The van der Waals surface area contributed by atoms with Gasteiger partial charge < -0.3 is 15.2 Å². The Balaban J connectivity index is 2.37. The van der Waals surface area contributed by atoms with Gasteiger partial charge in [-0.3, -0.25) is 9.59 Å². The molecule has 1 amide bonds. The lowest BCUT2D eigenvalue weighted by Gasteiger charge is -2.16. The molecule has 1 aromatic carbocycles. The summed E-state index contributed by atoms with van der Waals surface area (Å²) in [5, 5.41) is 11.2. The molecular formula is C16H23NO4S. The first-order valence-electron chi connectivity index (χ1n) is 7.24. The maximum Gasteiger partial charge on any atom is 0.313 e. The number of aliphatic carboxylic acids is 1. The SMILES string of the molecule is CC(Oc1cccc(C(C)C)c1)C(=O)NCCSCC(=O)O. The number of thioether (sulfide) groups is 1. The van der Waals surface area contributed by atoms with Gasteiger partial charge in [0, 0.05) is 12.3 Å². The van der Waals surface area contributed by atoms with Gasteiger partial charge in [-0.1, -0.05) is 26.0 Å². The summed E-state index contributed by atoms with van der Waals surface area (Å²) in [5.41, 5.74) is 1.16. The van der Waals surface area contributed by atoms with Crippen LogP contribution in [0.2, 0.25) is 0 Å². The first-order chi connectivity index (χ1) is 10.4. The molecule has 0 aliphatic heterocycles. The number of nitrogens with one attached hydrogen (secondary N) is 1. The van der Waals surface area contributed by atoms with E-state index in [1.54, 1.807) is 6.92 Å². The fraction of sp³-hybridized carbons (Fsp3) is 0.500. The van der Waals surface area contributed by atoms with E-state index in [-0.39, 0.29) is 11.7 Å². The van der Waals surface area contributed by atoms with E-state index in [1.165, 1.54) is 11.8 Å². The third-order valence-corrected chi connectivity index (χ3v) is 3.92. The number of ether oxygens (including phenoxy) is 1. The molecule has 6 heteroatoms. The molecule has 0 aliphatic carbocycles. The second kappa shape index (κ2) is 9.35. The molecule has 122 valence electrons. The van der Waals surface area contributed by atoms with Gasteiger partial charge in [-0.2, -0.15) is 0 Å². The number of amides is 1. The Hall–Kier alpha value is -1.69. The number of carboxylic acids is 1. The van der Waals surface area contributed by atoms with Gasteiger partial charge >= 0.3 is 5.97 Å². The van der Waals surface area contributed by atoms with E-state index >= 15 is 0 Å². The van der Waals surface area contributed by atoms with Gasteiger partial charge in [0.05, 0.1) is 5.75 Å². The monoisotopic (exact) mass is 325 g/mol. The first-order valence-corrected chi connectivity index (χ1v) is 8.39. The van der Waals surface area contributed by atoms with Gasteiger partial charge in [0.15, 0.2) is 6.10 Å². The van der Waals surface area contributed by atoms with Gasteiger partial charge in [0.25, 0.3) is 5.91 Å². The van der Waals surface area contributed by atoms with E-state index in [0.717, 1.165) is 5.56 Å². The van der Waals surface area contributed by atoms with Crippen LogP contribution < -0.4 is 10.1 Å². The van der Waals surface area contributed by atoms with Crippen molar-refractivity contribution in [1.29, 1.82) is 0 Å². The summed E-state index contributed by atoms with van der Waals surface area (Å²) in [5.74, 6) is 0.634. The second-order valence-electron chi connectivity index (χ2n) is 5.22. The quantitative estimate of drug-likeness (QED) is 0.682. The van der Waals surface area contributed by atoms with Crippen molar-refractivity contribution in [2.45, 2.75) is 32.8 Å². The molecule has 5 nitrogen and oxygen atoms in total. The summed E-state index contributed by atoms with van der Waals surface area (Å²) in [6.45, 7) is 6.33. The lowest BCUT2D eigenvalue weighted by atomic mass is 10.0. The molecule has 0 bridgehead atoms. The van der Waals surface area contributed by atoms with Crippen LogP contribution in [-0.2, 0) is 9.59 Å². The normalized spacial score (nSPS) is 12.0. The van der Waals surface area contributed by atoms with Crippen molar-refractivity contribution < 1.29 is 19.4 Å². The summed E-state index contributed by atoms with van der Waals surface area (Å²) in [7, 11) is 0. The van der Waals surface area contributed by atoms with Crippen molar-refractivity contribution in [3.8, 4) is 5.75 Å². The molecule has 0 spiro atoms. The van der Waals surface area contributed by atoms with E-state index in [2.05, 4.69) is 19.2 Å². The molecule has 0 saturated heterocycles. The highest BCUT2D eigenvalue weighted by Gasteiger charge is 2.14. The minimum absolute atomic E-state index is 0.0456. The van der Waals surface area contributed by atoms with Gasteiger partial charge in [-0.25, -0.2) is 0 Å². The number of carboxylic acid groups (broad SMARTS) is 1. The van der Waals surface area contributed by atoms with Crippen LogP contribution in [-0.4, -0.2) is 41.1 Å². The van der Waals surface area contributed by atoms with Crippen LogP contribution in [0.25, 0.3) is 0 Å². The molecule has 0 heterocycles. The Morgan fingerprint density at radius 3 is 2.68 bits per heavy atom. The first kappa shape index (κ1) is 18.4. The lowest BCUT2D eigenvalue weighted by Crippen LogP contribution is -2.37. The van der Waals surface area contributed by atoms with Crippen molar-refractivity contribution in [3.63, 3.8) is 0 Å². The average molecular weight is 325 g/mol. The van der Waals surface area contributed by atoms with Gasteiger partial charge in [-0.15, -0.1) is 11.8 Å². The summed E-state index contributed by atoms with van der Waals surface area (Å²) in [4.78, 5) is 22.3. The molecule has 2 N–H and O–H groups in total. The van der Waals surface area contributed by atoms with Crippen LogP contribution in [0.3, 0.4) is 0 Å².